The molecule has 0 aliphatic carbocycles. The molecule has 0 saturated carbocycles. The van der Waals surface area contributed by atoms with Crippen molar-refractivity contribution in [2.24, 2.45) is 0 Å². The summed E-state index contributed by atoms with van der Waals surface area (Å²) >= 11 is 1.51. The SMILES string of the molecule is COC(=O)c1nc([C@@H]2CN(Cc3ccccc3)CCO2)sc1-c1ccccc1. The van der Waals surface area contributed by atoms with Gasteiger partial charge >= 0.3 is 5.97 Å². The fourth-order valence-corrected chi connectivity index (χ4v) is 4.43. The Morgan fingerprint density at radius 2 is 1.89 bits per heavy atom. The van der Waals surface area contributed by atoms with Crippen LogP contribution in [0.1, 0.15) is 27.2 Å². The first kappa shape index (κ1) is 18.8. The standard InChI is InChI=1S/C22H22N2O3S/c1-26-22(25)19-20(17-10-6-3-7-11-17)28-21(23-19)18-15-24(12-13-27-18)14-16-8-4-2-5-9-16/h2-11,18H,12-15H2,1H3/t18-/m0/s1. The molecule has 0 unspecified atom stereocenters. The van der Waals surface area contributed by atoms with E-state index in [0.29, 0.717) is 12.3 Å². The first-order chi connectivity index (χ1) is 13.7. The predicted octanol–water partition coefficient (Wildman–Crippen LogP) is 4.17. The Morgan fingerprint density at radius 1 is 1.18 bits per heavy atom. The van der Waals surface area contributed by atoms with Crippen LogP contribution in [0.25, 0.3) is 10.4 Å². The van der Waals surface area contributed by atoms with Gasteiger partial charge in [-0.3, -0.25) is 4.90 Å². The van der Waals surface area contributed by atoms with Gasteiger partial charge in [0.05, 0.1) is 18.6 Å². The number of ether oxygens (including phenoxy) is 2. The van der Waals surface area contributed by atoms with E-state index in [0.717, 1.165) is 35.1 Å². The molecule has 1 saturated heterocycles. The molecule has 0 N–H and O–H groups in total. The van der Waals surface area contributed by atoms with E-state index < -0.39 is 5.97 Å². The van der Waals surface area contributed by atoms with Gasteiger partial charge in [-0.2, -0.15) is 0 Å². The van der Waals surface area contributed by atoms with Crippen LogP contribution in [0, 0.1) is 0 Å². The summed E-state index contributed by atoms with van der Waals surface area (Å²) in [4.78, 5) is 20.1. The summed E-state index contributed by atoms with van der Waals surface area (Å²) < 4.78 is 11.0. The highest BCUT2D eigenvalue weighted by molar-refractivity contribution is 7.15. The van der Waals surface area contributed by atoms with Gasteiger partial charge in [-0.05, 0) is 11.1 Å². The highest BCUT2D eigenvalue weighted by atomic mass is 32.1. The molecule has 3 aromatic rings. The molecule has 1 aromatic heterocycles. The van der Waals surface area contributed by atoms with Gasteiger partial charge in [0.15, 0.2) is 5.69 Å². The van der Waals surface area contributed by atoms with E-state index >= 15 is 0 Å². The van der Waals surface area contributed by atoms with Gasteiger partial charge < -0.3 is 9.47 Å². The number of nitrogens with zero attached hydrogens (tertiary/aromatic N) is 2. The molecule has 1 aliphatic heterocycles. The normalized spacial score (nSPS) is 17.4. The Labute approximate surface area is 168 Å². The second-order valence-corrected chi connectivity index (χ2v) is 7.70. The van der Waals surface area contributed by atoms with Crippen LogP contribution in [-0.4, -0.2) is 42.7 Å². The van der Waals surface area contributed by atoms with E-state index in [1.54, 1.807) is 0 Å². The highest BCUT2D eigenvalue weighted by Gasteiger charge is 2.28. The number of rotatable bonds is 5. The van der Waals surface area contributed by atoms with Gasteiger partial charge in [0, 0.05) is 19.6 Å². The van der Waals surface area contributed by atoms with Crippen molar-refractivity contribution in [3.8, 4) is 10.4 Å². The molecule has 2 aromatic carbocycles. The number of carbonyl (C=O) groups excluding carboxylic acids is 1. The van der Waals surface area contributed by atoms with E-state index in [9.17, 15) is 4.79 Å². The third-order valence-corrected chi connectivity index (χ3v) is 5.93. The van der Waals surface area contributed by atoms with Crippen molar-refractivity contribution >= 4 is 17.3 Å². The van der Waals surface area contributed by atoms with Crippen molar-refractivity contribution in [1.82, 2.24) is 9.88 Å². The number of thiazole rings is 1. The minimum absolute atomic E-state index is 0.150. The summed E-state index contributed by atoms with van der Waals surface area (Å²) in [5.74, 6) is -0.418. The minimum atomic E-state index is -0.418. The molecule has 1 fully saturated rings. The summed E-state index contributed by atoms with van der Waals surface area (Å²) in [7, 11) is 1.38. The molecule has 28 heavy (non-hydrogen) atoms. The van der Waals surface area contributed by atoms with Gasteiger partial charge in [-0.25, -0.2) is 9.78 Å². The van der Waals surface area contributed by atoms with Crippen molar-refractivity contribution in [2.75, 3.05) is 26.8 Å². The Balaban J connectivity index is 1.58. The first-order valence-corrected chi connectivity index (χ1v) is 10.1. The number of carbonyl (C=O) groups is 1. The summed E-state index contributed by atoms with van der Waals surface area (Å²) in [6.07, 6.45) is -0.150. The molecule has 1 atom stereocenters. The number of hydrogen-bond acceptors (Lipinski definition) is 6. The Morgan fingerprint density at radius 3 is 2.61 bits per heavy atom. The van der Waals surface area contributed by atoms with Crippen LogP contribution in [0.15, 0.2) is 60.7 Å². The van der Waals surface area contributed by atoms with Crippen LogP contribution in [-0.2, 0) is 16.0 Å². The van der Waals surface area contributed by atoms with E-state index in [2.05, 4.69) is 34.1 Å². The van der Waals surface area contributed by atoms with E-state index in [-0.39, 0.29) is 6.10 Å². The maximum absolute atomic E-state index is 12.3. The lowest BCUT2D eigenvalue weighted by atomic mass is 10.1. The van der Waals surface area contributed by atoms with Crippen LogP contribution >= 0.6 is 11.3 Å². The second kappa shape index (κ2) is 8.65. The lowest BCUT2D eigenvalue weighted by molar-refractivity contribution is -0.0330. The van der Waals surface area contributed by atoms with Crippen molar-refractivity contribution < 1.29 is 14.3 Å². The average Bonchev–Trinajstić information content (AvgIpc) is 3.20. The van der Waals surface area contributed by atoms with Gasteiger partial charge in [-0.1, -0.05) is 60.7 Å². The third-order valence-electron chi connectivity index (χ3n) is 4.73. The van der Waals surface area contributed by atoms with E-state index in [4.69, 9.17) is 9.47 Å². The Kier molecular flexibility index (Phi) is 5.81. The zero-order valence-corrected chi connectivity index (χ0v) is 16.5. The molecule has 0 radical (unpaired) electrons. The lowest BCUT2D eigenvalue weighted by Crippen LogP contribution is -2.37. The zero-order valence-electron chi connectivity index (χ0n) is 15.7. The van der Waals surface area contributed by atoms with E-state index in [1.165, 1.54) is 24.0 Å². The lowest BCUT2D eigenvalue weighted by Gasteiger charge is -2.31. The topological polar surface area (TPSA) is 51.7 Å². The second-order valence-electron chi connectivity index (χ2n) is 6.67. The molecule has 144 valence electrons. The molecule has 0 amide bonds. The molecular weight excluding hydrogens is 372 g/mol. The number of hydrogen-bond donors (Lipinski definition) is 0. The molecule has 0 bridgehead atoms. The molecule has 4 rings (SSSR count). The first-order valence-electron chi connectivity index (χ1n) is 9.27. The summed E-state index contributed by atoms with van der Waals surface area (Å²) in [6.45, 7) is 3.15. The van der Waals surface area contributed by atoms with Crippen LogP contribution in [0.3, 0.4) is 0 Å². The summed E-state index contributed by atoms with van der Waals surface area (Å²) in [5, 5.41) is 0.817. The van der Waals surface area contributed by atoms with Crippen LogP contribution < -0.4 is 0 Å². The Hall–Kier alpha value is -2.54. The van der Waals surface area contributed by atoms with Crippen molar-refractivity contribution in [2.45, 2.75) is 12.6 Å². The quantitative estimate of drug-likeness (QED) is 0.608. The monoisotopic (exact) mass is 394 g/mol. The molecule has 6 heteroatoms. The van der Waals surface area contributed by atoms with Gasteiger partial charge in [-0.15, -0.1) is 11.3 Å². The summed E-state index contributed by atoms with van der Waals surface area (Å²) in [6, 6.07) is 20.2. The fraction of sp³-hybridized carbons (Fsp3) is 0.273. The smallest absolute Gasteiger partial charge is 0.358 e. The summed E-state index contributed by atoms with van der Waals surface area (Å²) in [5.41, 5.74) is 2.60. The number of morpholine rings is 1. The number of esters is 1. The number of benzene rings is 2. The number of aromatic nitrogens is 1. The van der Waals surface area contributed by atoms with Crippen molar-refractivity contribution in [3.63, 3.8) is 0 Å². The van der Waals surface area contributed by atoms with Crippen LogP contribution in [0.5, 0.6) is 0 Å². The maximum atomic E-state index is 12.3. The zero-order chi connectivity index (χ0) is 19.3. The fourth-order valence-electron chi connectivity index (χ4n) is 3.33. The molecule has 2 heterocycles. The third kappa shape index (κ3) is 4.14. The van der Waals surface area contributed by atoms with Crippen LogP contribution in [0.2, 0.25) is 0 Å². The predicted molar refractivity (Wildman–Crippen MR) is 109 cm³/mol. The minimum Gasteiger partial charge on any atom is -0.464 e. The number of methoxy groups -OCH3 is 1. The molecular formula is C22H22N2O3S. The van der Waals surface area contributed by atoms with Gasteiger partial charge in [0.2, 0.25) is 0 Å². The van der Waals surface area contributed by atoms with Gasteiger partial charge in [0.25, 0.3) is 0 Å². The Bertz CT molecular complexity index is 927. The van der Waals surface area contributed by atoms with Crippen molar-refractivity contribution in [3.05, 3.63) is 76.9 Å². The largest absolute Gasteiger partial charge is 0.464 e. The maximum Gasteiger partial charge on any atom is 0.358 e. The molecule has 5 nitrogen and oxygen atoms in total. The highest BCUT2D eigenvalue weighted by Crippen LogP contribution is 2.35. The van der Waals surface area contributed by atoms with Crippen molar-refractivity contribution in [1.29, 1.82) is 0 Å². The average molecular weight is 394 g/mol. The molecule has 0 spiro atoms. The van der Waals surface area contributed by atoms with Crippen LogP contribution in [0.4, 0.5) is 0 Å². The van der Waals surface area contributed by atoms with E-state index in [1.807, 2.05) is 36.4 Å². The van der Waals surface area contributed by atoms with Gasteiger partial charge in [0.1, 0.15) is 11.1 Å². The molecule has 1 aliphatic rings.